The number of benzene rings is 1. The lowest BCUT2D eigenvalue weighted by Crippen LogP contribution is -2.31. The van der Waals surface area contributed by atoms with E-state index in [2.05, 4.69) is 4.72 Å². The van der Waals surface area contributed by atoms with E-state index in [4.69, 9.17) is 0 Å². The standard InChI is InChI=1S/C12H19NO2S/c1-9(2)12(13-16(4,14)15)11-8-6-5-7-10(11)3/h5-9,12-13H,1-4H3/t12-/m1/s1. The highest BCUT2D eigenvalue weighted by atomic mass is 32.2. The second kappa shape index (κ2) is 4.97. The molecule has 0 aliphatic rings. The number of sulfonamides is 1. The van der Waals surface area contributed by atoms with Crippen LogP contribution in [0.5, 0.6) is 0 Å². The molecule has 0 spiro atoms. The van der Waals surface area contributed by atoms with Crippen molar-refractivity contribution in [2.75, 3.05) is 6.26 Å². The largest absolute Gasteiger partial charge is 0.213 e. The molecular weight excluding hydrogens is 222 g/mol. The fourth-order valence-electron chi connectivity index (χ4n) is 1.73. The first-order chi connectivity index (χ1) is 7.31. The molecule has 0 amide bonds. The third-order valence-corrected chi connectivity index (χ3v) is 3.21. The van der Waals surface area contributed by atoms with Gasteiger partial charge < -0.3 is 0 Å². The minimum atomic E-state index is -3.18. The van der Waals surface area contributed by atoms with Crippen LogP contribution in [-0.2, 0) is 10.0 Å². The van der Waals surface area contributed by atoms with Crippen molar-refractivity contribution < 1.29 is 8.42 Å². The van der Waals surface area contributed by atoms with Crippen LogP contribution in [0.2, 0.25) is 0 Å². The first-order valence-corrected chi connectivity index (χ1v) is 7.23. The van der Waals surface area contributed by atoms with E-state index in [1.807, 2.05) is 45.0 Å². The minimum Gasteiger partial charge on any atom is -0.213 e. The maximum absolute atomic E-state index is 11.3. The van der Waals surface area contributed by atoms with Crippen molar-refractivity contribution in [1.82, 2.24) is 4.72 Å². The molecule has 16 heavy (non-hydrogen) atoms. The van der Waals surface area contributed by atoms with Gasteiger partial charge in [-0.15, -0.1) is 0 Å². The van der Waals surface area contributed by atoms with Gasteiger partial charge in [0.25, 0.3) is 0 Å². The van der Waals surface area contributed by atoms with E-state index in [0.29, 0.717) is 0 Å². The molecular formula is C12H19NO2S. The van der Waals surface area contributed by atoms with Crippen LogP contribution in [0.15, 0.2) is 24.3 Å². The molecule has 0 saturated carbocycles. The van der Waals surface area contributed by atoms with Crippen LogP contribution in [0.3, 0.4) is 0 Å². The van der Waals surface area contributed by atoms with Crippen molar-refractivity contribution in [2.45, 2.75) is 26.8 Å². The molecule has 0 radical (unpaired) electrons. The number of rotatable bonds is 4. The molecule has 0 heterocycles. The van der Waals surface area contributed by atoms with E-state index >= 15 is 0 Å². The fourth-order valence-corrected chi connectivity index (χ4v) is 2.59. The van der Waals surface area contributed by atoms with Crippen LogP contribution >= 0.6 is 0 Å². The molecule has 0 aromatic heterocycles. The van der Waals surface area contributed by atoms with E-state index in [1.165, 1.54) is 6.26 Å². The molecule has 4 heteroatoms. The SMILES string of the molecule is Cc1ccccc1[C@H](NS(C)(=O)=O)C(C)C. The number of nitrogens with one attached hydrogen (secondary N) is 1. The predicted octanol–water partition coefficient (Wildman–Crippen LogP) is 2.24. The van der Waals surface area contributed by atoms with E-state index < -0.39 is 10.0 Å². The lowest BCUT2D eigenvalue weighted by Gasteiger charge is -2.23. The van der Waals surface area contributed by atoms with Gasteiger partial charge in [0.05, 0.1) is 6.26 Å². The molecule has 1 N–H and O–H groups in total. The molecule has 1 aromatic rings. The maximum Gasteiger partial charge on any atom is 0.209 e. The van der Waals surface area contributed by atoms with Crippen LogP contribution in [0.25, 0.3) is 0 Å². The normalized spacial score (nSPS) is 14.1. The molecule has 1 aromatic carbocycles. The van der Waals surface area contributed by atoms with Crippen molar-refractivity contribution in [2.24, 2.45) is 5.92 Å². The van der Waals surface area contributed by atoms with Crippen molar-refractivity contribution in [3.8, 4) is 0 Å². The molecule has 3 nitrogen and oxygen atoms in total. The van der Waals surface area contributed by atoms with Gasteiger partial charge in [0.1, 0.15) is 0 Å². The van der Waals surface area contributed by atoms with Crippen LogP contribution < -0.4 is 4.72 Å². The van der Waals surface area contributed by atoms with Crippen LogP contribution in [0.4, 0.5) is 0 Å². The van der Waals surface area contributed by atoms with Crippen LogP contribution in [-0.4, -0.2) is 14.7 Å². The summed E-state index contributed by atoms with van der Waals surface area (Å²) in [6.07, 6.45) is 1.20. The zero-order valence-corrected chi connectivity index (χ0v) is 11.0. The predicted molar refractivity (Wildman–Crippen MR) is 66.7 cm³/mol. The Labute approximate surface area is 97.9 Å². The first kappa shape index (κ1) is 13.2. The van der Waals surface area contributed by atoms with Gasteiger partial charge in [0, 0.05) is 6.04 Å². The quantitative estimate of drug-likeness (QED) is 0.878. The van der Waals surface area contributed by atoms with Gasteiger partial charge >= 0.3 is 0 Å². The molecule has 0 aliphatic heterocycles. The molecule has 0 bridgehead atoms. The lowest BCUT2D eigenvalue weighted by molar-refractivity contribution is 0.463. The maximum atomic E-state index is 11.3. The fraction of sp³-hybridized carbons (Fsp3) is 0.500. The van der Waals surface area contributed by atoms with E-state index in [9.17, 15) is 8.42 Å². The van der Waals surface area contributed by atoms with Crippen molar-refractivity contribution in [1.29, 1.82) is 0 Å². The number of aryl methyl sites for hydroxylation is 1. The molecule has 90 valence electrons. The molecule has 0 unspecified atom stereocenters. The average Bonchev–Trinajstić information content (AvgIpc) is 2.13. The van der Waals surface area contributed by atoms with Gasteiger partial charge in [0.2, 0.25) is 10.0 Å². The van der Waals surface area contributed by atoms with Gasteiger partial charge in [-0.3, -0.25) is 0 Å². The molecule has 1 rings (SSSR count). The second-order valence-corrected chi connectivity index (χ2v) is 6.25. The summed E-state index contributed by atoms with van der Waals surface area (Å²) < 4.78 is 25.3. The molecule has 0 fully saturated rings. The molecule has 0 saturated heterocycles. The number of hydrogen-bond donors (Lipinski definition) is 1. The second-order valence-electron chi connectivity index (χ2n) is 4.47. The smallest absolute Gasteiger partial charge is 0.209 e. The van der Waals surface area contributed by atoms with E-state index in [0.717, 1.165) is 11.1 Å². The van der Waals surface area contributed by atoms with E-state index in [1.54, 1.807) is 0 Å². The van der Waals surface area contributed by atoms with Crippen molar-refractivity contribution in [3.05, 3.63) is 35.4 Å². The summed E-state index contributed by atoms with van der Waals surface area (Å²) in [7, 11) is -3.18. The summed E-state index contributed by atoms with van der Waals surface area (Å²) in [5.74, 6) is 0.218. The van der Waals surface area contributed by atoms with Crippen molar-refractivity contribution in [3.63, 3.8) is 0 Å². The lowest BCUT2D eigenvalue weighted by atomic mass is 9.94. The summed E-state index contributed by atoms with van der Waals surface area (Å²) in [5, 5.41) is 0. The summed E-state index contributed by atoms with van der Waals surface area (Å²) >= 11 is 0. The Balaban J connectivity index is 3.09. The van der Waals surface area contributed by atoms with Crippen molar-refractivity contribution >= 4 is 10.0 Å². The highest BCUT2D eigenvalue weighted by Crippen LogP contribution is 2.24. The highest BCUT2D eigenvalue weighted by molar-refractivity contribution is 7.88. The molecule has 1 atom stereocenters. The Morgan fingerprint density at radius 1 is 1.19 bits per heavy atom. The van der Waals surface area contributed by atoms with Gasteiger partial charge in [-0.25, -0.2) is 13.1 Å². The Kier molecular flexibility index (Phi) is 4.10. The Bertz CT molecular complexity index is 452. The monoisotopic (exact) mass is 241 g/mol. The van der Waals surface area contributed by atoms with E-state index in [-0.39, 0.29) is 12.0 Å². The Morgan fingerprint density at radius 2 is 1.75 bits per heavy atom. The van der Waals surface area contributed by atoms with Gasteiger partial charge in [0.15, 0.2) is 0 Å². The zero-order valence-electron chi connectivity index (χ0n) is 10.2. The van der Waals surface area contributed by atoms with Gasteiger partial charge in [-0.05, 0) is 24.0 Å². The van der Waals surface area contributed by atoms with Gasteiger partial charge in [-0.2, -0.15) is 0 Å². The summed E-state index contributed by atoms with van der Waals surface area (Å²) in [6, 6.07) is 7.70. The third-order valence-electron chi connectivity index (χ3n) is 2.53. The highest BCUT2D eigenvalue weighted by Gasteiger charge is 2.20. The topological polar surface area (TPSA) is 46.2 Å². The minimum absolute atomic E-state index is 0.156. The van der Waals surface area contributed by atoms with Crippen LogP contribution in [0.1, 0.15) is 31.0 Å². The zero-order chi connectivity index (χ0) is 12.3. The third kappa shape index (κ3) is 3.61. The average molecular weight is 241 g/mol. The van der Waals surface area contributed by atoms with Crippen LogP contribution in [0, 0.1) is 12.8 Å². The first-order valence-electron chi connectivity index (χ1n) is 5.34. The summed E-state index contributed by atoms with van der Waals surface area (Å²) in [4.78, 5) is 0. The summed E-state index contributed by atoms with van der Waals surface area (Å²) in [6.45, 7) is 6.01. The Hall–Kier alpha value is -0.870. The van der Waals surface area contributed by atoms with Gasteiger partial charge in [-0.1, -0.05) is 38.1 Å². The number of hydrogen-bond acceptors (Lipinski definition) is 2. The summed E-state index contributed by atoms with van der Waals surface area (Å²) in [5.41, 5.74) is 2.15. The Morgan fingerprint density at radius 3 is 2.19 bits per heavy atom. The molecule has 0 aliphatic carbocycles.